The highest BCUT2D eigenvalue weighted by molar-refractivity contribution is 5.77. The van der Waals surface area contributed by atoms with Crippen molar-refractivity contribution in [3.63, 3.8) is 0 Å². The topological polar surface area (TPSA) is 0 Å². The number of hydrogen-bond acceptors (Lipinski definition) is 0. The van der Waals surface area contributed by atoms with Gasteiger partial charge in [0.25, 0.3) is 0 Å². The van der Waals surface area contributed by atoms with Crippen LogP contribution >= 0.6 is 0 Å². The minimum absolute atomic E-state index is 0.122. The first-order chi connectivity index (χ1) is 17.9. The molecule has 202 valence electrons. The molecule has 0 aliphatic heterocycles. The number of unbranched alkanes of at least 4 members (excludes halogenated alkanes) is 5. The first-order valence-corrected chi connectivity index (χ1v) is 14.4. The van der Waals surface area contributed by atoms with E-state index in [1.54, 1.807) is 48.6 Å². The van der Waals surface area contributed by atoms with E-state index in [1.165, 1.54) is 19.3 Å². The van der Waals surface area contributed by atoms with Crippen molar-refractivity contribution >= 4 is 11.1 Å². The number of alkyl halides is 4. The van der Waals surface area contributed by atoms with Crippen molar-refractivity contribution in [2.24, 2.45) is 11.8 Å². The van der Waals surface area contributed by atoms with E-state index in [2.05, 4.69) is 13.8 Å². The number of benzene rings is 1. The van der Waals surface area contributed by atoms with Gasteiger partial charge in [-0.1, -0.05) is 107 Å². The van der Waals surface area contributed by atoms with Crippen LogP contribution in [-0.2, 0) is 0 Å². The van der Waals surface area contributed by atoms with Crippen molar-refractivity contribution in [3.8, 4) is 0 Å². The molecule has 0 aromatic heterocycles. The Morgan fingerprint density at radius 3 is 1.78 bits per heavy atom. The maximum atomic E-state index is 15.2. The van der Waals surface area contributed by atoms with Crippen molar-refractivity contribution in [1.29, 1.82) is 0 Å². The molecule has 0 radical (unpaired) electrons. The molecule has 1 aromatic carbocycles. The van der Waals surface area contributed by atoms with Crippen LogP contribution in [0.1, 0.15) is 95.6 Å². The smallest absolute Gasteiger partial charge is 0.161 e. The maximum Gasteiger partial charge on any atom is 0.161 e. The quantitative estimate of drug-likeness (QED) is 0.215. The van der Waals surface area contributed by atoms with E-state index < -0.39 is 24.7 Å². The molecule has 0 bridgehead atoms. The third-order valence-corrected chi connectivity index (χ3v) is 8.57. The Morgan fingerprint density at radius 2 is 1.16 bits per heavy atom. The van der Waals surface area contributed by atoms with Crippen molar-refractivity contribution in [2.75, 3.05) is 0 Å². The second-order valence-corrected chi connectivity index (χ2v) is 11.3. The summed E-state index contributed by atoms with van der Waals surface area (Å²) >= 11 is 0. The van der Waals surface area contributed by atoms with Crippen molar-refractivity contribution in [3.05, 3.63) is 70.8 Å². The molecule has 1 saturated carbocycles. The molecule has 4 rings (SSSR count). The number of allylic oxidation sites excluding steroid dienone is 8. The lowest BCUT2D eigenvalue weighted by Crippen LogP contribution is -2.29. The summed E-state index contributed by atoms with van der Waals surface area (Å²) in [7, 11) is 0. The second-order valence-electron chi connectivity index (χ2n) is 11.3. The molecule has 0 spiro atoms. The van der Waals surface area contributed by atoms with Gasteiger partial charge in [-0.15, -0.1) is 0 Å². The summed E-state index contributed by atoms with van der Waals surface area (Å²) < 4.78 is 60.3. The fraction of sp³-hybridized carbons (Fsp3) is 0.576. The Labute approximate surface area is 220 Å². The Hall–Kier alpha value is -2.10. The highest BCUT2D eigenvalue weighted by Gasteiger charge is 2.36. The van der Waals surface area contributed by atoms with E-state index in [0.717, 1.165) is 44.9 Å². The minimum Gasteiger partial charge on any atom is -0.239 e. The van der Waals surface area contributed by atoms with Gasteiger partial charge in [0.15, 0.2) is 24.7 Å². The Kier molecular flexibility index (Phi) is 9.90. The fourth-order valence-electron chi connectivity index (χ4n) is 6.07. The molecule has 4 atom stereocenters. The zero-order valence-electron chi connectivity index (χ0n) is 22.4. The Balaban J connectivity index is 1.42. The molecule has 0 nitrogen and oxygen atoms in total. The predicted molar refractivity (Wildman–Crippen MR) is 147 cm³/mol. The molecule has 37 heavy (non-hydrogen) atoms. The van der Waals surface area contributed by atoms with Crippen molar-refractivity contribution in [1.82, 2.24) is 0 Å². The monoisotopic (exact) mass is 514 g/mol. The molecule has 0 saturated heterocycles. The minimum atomic E-state index is -1.72. The van der Waals surface area contributed by atoms with Crippen LogP contribution < -0.4 is 0 Å². The molecule has 1 aromatic rings. The molecule has 4 heteroatoms. The van der Waals surface area contributed by atoms with Crippen LogP contribution in [0.15, 0.2) is 59.7 Å². The van der Waals surface area contributed by atoms with Gasteiger partial charge in [-0.25, -0.2) is 17.6 Å². The first kappa shape index (κ1) is 27.9. The van der Waals surface area contributed by atoms with Crippen LogP contribution in [0.4, 0.5) is 17.6 Å². The summed E-state index contributed by atoms with van der Waals surface area (Å²) in [6, 6.07) is 6.76. The highest BCUT2D eigenvalue weighted by Crippen LogP contribution is 2.41. The maximum absolute atomic E-state index is 15.2. The molecular weight excluding hydrogens is 472 g/mol. The van der Waals surface area contributed by atoms with Crippen LogP contribution in [0.5, 0.6) is 0 Å². The second kappa shape index (κ2) is 13.1. The zero-order valence-corrected chi connectivity index (χ0v) is 22.4. The predicted octanol–water partition coefficient (Wildman–Crippen LogP) is 10.3. The summed E-state index contributed by atoms with van der Waals surface area (Å²) in [4.78, 5) is 0. The first-order valence-electron chi connectivity index (χ1n) is 14.4. The van der Waals surface area contributed by atoms with E-state index in [9.17, 15) is 4.39 Å². The lowest BCUT2D eigenvalue weighted by atomic mass is 9.75. The van der Waals surface area contributed by atoms with Gasteiger partial charge in [0.05, 0.1) is 0 Å². The van der Waals surface area contributed by atoms with E-state index in [1.807, 2.05) is 0 Å². The normalized spacial score (nSPS) is 30.3. The molecule has 0 heterocycles. The standard InChI is InChI=1S/C33H42F4/c1-3-4-5-6-7-8-9-26-18-19-27(31(35)30(26)34)24-14-16-25(17-15-24)29-21-20-28(32(36)33(29)37)23-12-10-22(2)11-13-23/h14-23,30-33H,3-13H2,1-2H3. The van der Waals surface area contributed by atoms with E-state index in [-0.39, 0.29) is 5.92 Å². The lowest BCUT2D eigenvalue weighted by Gasteiger charge is -2.33. The molecule has 4 unspecified atom stereocenters. The van der Waals surface area contributed by atoms with Crippen LogP contribution in [-0.4, -0.2) is 24.7 Å². The lowest BCUT2D eigenvalue weighted by molar-refractivity contribution is 0.209. The molecule has 3 aliphatic carbocycles. The summed E-state index contributed by atoms with van der Waals surface area (Å²) in [5.74, 6) is 0.777. The molecular formula is C33H42F4. The SMILES string of the molecule is CCCCCCCCC1=CC=C(c2ccc(C3=CC=C(C4CCC(C)CC4)C(F)C3F)cc2)C(F)C1F. The van der Waals surface area contributed by atoms with E-state index >= 15 is 13.2 Å². The molecule has 0 N–H and O–H groups in total. The third kappa shape index (κ3) is 6.67. The van der Waals surface area contributed by atoms with Gasteiger partial charge in [-0.2, -0.15) is 0 Å². The third-order valence-electron chi connectivity index (χ3n) is 8.57. The fourth-order valence-corrected chi connectivity index (χ4v) is 6.07. The number of rotatable bonds is 10. The average Bonchev–Trinajstić information content (AvgIpc) is 2.91. The summed E-state index contributed by atoms with van der Waals surface area (Å²) in [5.41, 5.74) is 2.88. The summed E-state index contributed by atoms with van der Waals surface area (Å²) in [6.07, 6.45) is 11.4. The average molecular weight is 515 g/mol. The van der Waals surface area contributed by atoms with Crippen molar-refractivity contribution in [2.45, 2.75) is 109 Å². The van der Waals surface area contributed by atoms with Crippen LogP contribution in [0.25, 0.3) is 11.1 Å². The van der Waals surface area contributed by atoms with Gasteiger partial charge < -0.3 is 0 Å². The van der Waals surface area contributed by atoms with Gasteiger partial charge in [0.2, 0.25) is 0 Å². The Morgan fingerprint density at radius 1 is 0.622 bits per heavy atom. The van der Waals surface area contributed by atoms with Crippen molar-refractivity contribution < 1.29 is 17.6 Å². The van der Waals surface area contributed by atoms with Gasteiger partial charge in [0.1, 0.15) is 0 Å². The van der Waals surface area contributed by atoms with E-state index in [4.69, 9.17) is 0 Å². The Bertz CT molecular complexity index is 1010. The van der Waals surface area contributed by atoms with Gasteiger partial charge in [-0.3, -0.25) is 0 Å². The molecule has 3 aliphatic rings. The van der Waals surface area contributed by atoms with Gasteiger partial charge in [-0.05, 0) is 70.9 Å². The largest absolute Gasteiger partial charge is 0.239 e. The highest BCUT2D eigenvalue weighted by atomic mass is 19.2. The molecule has 0 amide bonds. The van der Waals surface area contributed by atoms with Crippen LogP contribution in [0.2, 0.25) is 0 Å². The molecule has 1 fully saturated rings. The number of halogens is 4. The van der Waals surface area contributed by atoms with Gasteiger partial charge >= 0.3 is 0 Å². The van der Waals surface area contributed by atoms with E-state index in [0.29, 0.717) is 45.8 Å². The van der Waals surface area contributed by atoms with Gasteiger partial charge in [0, 0.05) is 0 Å². The zero-order chi connectivity index (χ0) is 26.4. The summed E-state index contributed by atoms with van der Waals surface area (Å²) in [5, 5.41) is 0. The summed E-state index contributed by atoms with van der Waals surface area (Å²) in [6.45, 7) is 4.39. The van der Waals surface area contributed by atoms with Crippen LogP contribution in [0.3, 0.4) is 0 Å². The number of hydrogen-bond donors (Lipinski definition) is 0. The van der Waals surface area contributed by atoms with Crippen LogP contribution in [0, 0.1) is 11.8 Å².